The first-order chi connectivity index (χ1) is 18.0. The van der Waals surface area contributed by atoms with Gasteiger partial charge in [0, 0.05) is 49.2 Å². The molecule has 0 saturated carbocycles. The maximum Gasteiger partial charge on any atom is 0.323 e. The second kappa shape index (κ2) is 11.0. The highest BCUT2D eigenvalue weighted by atomic mass is 35.5. The van der Waals surface area contributed by atoms with Crippen molar-refractivity contribution in [1.29, 1.82) is 0 Å². The molecule has 0 radical (unpaired) electrons. The Bertz CT molecular complexity index is 1280. The zero-order valence-corrected chi connectivity index (χ0v) is 20.9. The molecule has 1 saturated heterocycles. The molecule has 9 nitrogen and oxygen atoms in total. The fraction of sp³-hybridized carbons (Fsp3) is 0.296. The first-order valence-electron chi connectivity index (χ1n) is 12.3. The molecule has 190 valence electrons. The van der Waals surface area contributed by atoms with Gasteiger partial charge in [0.25, 0.3) is 5.91 Å². The molecule has 4 amide bonds. The van der Waals surface area contributed by atoms with Crippen LogP contribution in [0.15, 0.2) is 67.0 Å². The summed E-state index contributed by atoms with van der Waals surface area (Å²) in [4.78, 5) is 51.7. The number of anilines is 2. The molecule has 37 heavy (non-hydrogen) atoms. The second-order valence-electron chi connectivity index (χ2n) is 9.25. The van der Waals surface area contributed by atoms with E-state index in [0.717, 1.165) is 5.69 Å². The molecule has 10 heteroatoms. The number of halogens is 1. The summed E-state index contributed by atoms with van der Waals surface area (Å²) in [7, 11) is 0. The molecule has 4 heterocycles. The molecule has 2 aromatic heterocycles. The summed E-state index contributed by atoms with van der Waals surface area (Å²) >= 11 is 6.15. The lowest BCUT2D eigenvalue weighted by atomic mass is 9.94. The Hall–Kier alpha value is -3.98. The molecule has 2 aliphatic heterocycles. The normalized spacial score (nSPS) is 18.1. The zero-order valence-electron chi connectivity index (χ0n) is 20.1. The van der Waals surface area contributed by atoms with Gasteiger partial charge in [-0.15, -0.1) is 0 Å². The first-order valence-corrected chi connectivity index (χ1v) is 12.6. The number of likely N-dealkylation sites (tertiary alicyclic amines) is 1. The number of aromatic nitrogens is 2. The minimum Gasteiger partial charge on any atom is -0.326 e. The minimum absolute atomic E-state index is 0.135. The monoisotopic (exact) mass is 518 g/mol. The summed E-state index contributed by atoms with van der Waals surface area (Å²) in [6.45, 7) is 1.50. The number of nitrogens with one attached hydrogen (secondary N) is 2. The number of urea groups is 1. The maximum absolute atomic E-state index is 13.7. The molecule has 1 atom stereocenters. The number of carbonyl (C=O) groups excluding carboxylic acids is 3. The van der Waals surface area contributed by atoms with Crippen molar-refractivity contribution in [2.45, 2.75) is 25.3 Å². The average molecular weight is 519 g/mol. The zero-order chi connectivity index (χ0) is 25.8. The lowest BCUT2D eigenvalue weighted by Crippen LogP contribution is -2.50. The molecular formula is C27H27ClN6O3. The Morgan fingerprint density at radius 2 is 1.78 bits per heavy atom. The third kappa shape index (κ3) is 5.72. The van der Waals surface area contributed by atoms with E-state index in [9.17, 15) is 14.4 Å². The molecular weight excluding hydrogens is 492 g/mol. The fourth-order valence-electron chi connectivity index (χ4n) is 4.81. The topological polar surface area (TPSA) is 108 Å². The lowest BCUT2D eigenvalue weighted by Gasteiger charge is -2.36. The van der Waals surface area contributed by atoms with Gasteiger partial charge in [0.15, 0.2) is 0 Å². The number of benzene rings is 1. The van der Waals surface area contributed by atoms with Crippen LogP contribution in [0.25, 0.3) is 0 Å². The van der Waals surface area contributed by atoms with Crippen LogP contribution in [-0.4, -0.2) is 63.3 Å². The van der Waals surface area contributed by atoms with Gasteiger partial charge in [-0.1, -0.05) is 23.7 Å². The van der Waals surface area contributed by atoms with Crippen molar-refractivity contribution >= 4 is 41.0 Å². The quantitative estimate of drug-likeness (QED) is 0.529. The van der Waals surface area contributed by atoms with Gasteiger partial charge in [-0.25, -0.2) is 9.78 Å². The highest BCUT2D eigenvalue weighted by molar-refractivity contribution is 6.31. The van der Waals surface area contributed by atoms with Crippen molar-refractivity contribution in [3.05, 3.63) is 83.3 Å². The van der Waals surface area contributed by atoms with Gasteiger partial charge in [0.2, 0.25) is 5.91 Å². The first kappa shape index (κ1) is 24.7. The van der Waals surface area contributed by atoms with Crippen LogP contribution in [0.3, 0.4) is 0 Å². The Balaban J connectivity index is 1.31. The largest absolute Gasteiger partial charge is 0.326 e. The van der Waals surface area contributed by atoms with E-state index in [1.165, 1.54) is 0 Å². The standard InChI is InChI=1S/C27H27ClN6O3/c28-19-7-8-21-22(15-19)31-25(35)23(16-20-5-1-3-11-29-20)34(26(21)36)17-18-9-13-33(14-10-18)27(37)32-24-6-2-4-12-30-24/h1-8,11-12,15,18,23H,9-10,13-14,16-17H2,(H,31,35)(H,30,32,37)/t23-/m1/s1. The number of piperidine rings is 1. The summed E-state index contributed by atoms with van der Waals surface area (Å²) in [6.07, 6.45) is 5.03. The van der Waals surface area contributed by atoms with Crippen molar-refractivity contribution in [3.63, 3.8) is 0 Å². The van der Waals surface area contributed by atoms with Crippen LogP contribution in [0.5, 0.6) is 0 Å². The number of nitrogens with zero attached hydrogens (tertiary/aromatic N) is 4. The van der Waals surface area contributed by atoms with Crippen LogP contribution < -0.4 is 10.6 Å². The molecule has 2 aliphatic rings. The third-order valence-corrected chi connectivity index (χ3v) is 7.03. The summed E-state index contributed by atoms with van der Waals surface area (Å²) in [5.74, 6) is 0.149. The fourth-order valence-corrected chi connectivity index (χ4v) is 4.98. The number of fused-ring (bicyclic) bond motifs is 1. The Morgan fingerprint density at radius 3 is 2.49 bits per heavy atom. The number of pyridine rings is 2. The highest BCUT2D eigenvalue weighted by Crippen LogP contribution is 2.29. The van der Waals surface area contributed by atoms with Gasteiger partial charge < -0.3 is 15.1 Å². The van der Waals surface area contributed by atoms with Crippen LogP contribution in [0.1, 0.15) is 28.9 Å². The summed E-state index contributed by atoms with van der Waals surface area (Å²) in [6, 6.07) is 14.9. The molecule has 5 rings (SSSR count). The van der Waals surface area contributed by atoms with E-state index in [1.807, 2.05) is 24.3 Å². The van der Waals surface area contributed by atoms with E-state index >= 15 is 0 Å². The van der Waals surface area contributed by atoms with Crippen molar-refractivity contribution in [1.82, 2.24) is 19.8 Å². The molecule has 0 spiro atoms. The van der Waals surface area contributed by atoms with Crippen LogP contribution in [0, 0.1) is 5.92 Å². The summed E-state index contributed by atoms with van der Waals surface area (Å²) < 4.78 is 0. The lowest BCUT2D eigenvalue weighted by molar-refractivity contribution is -0.120. The number of amides is 4. The minimum atomic E-state index is -0.723. The number of hydrogen-bond acceptors (Lipinski definition) is 5. The molecule has 3 aromatic rings. The van der Waals surface area contributed by atoms with Crippen LogP contribution in [0.2, 0.25) is 5.02 Å². The van der Waals surface area contributed by atoms with Crippen molar-refractivity contribution in [2.75, 3.05) is 30.3 Å². The van der Waals surface area contributed by atoms with E-state index in [2.05, 4.69) is 20.6 Å². The number of hydrogen-bond donors (Lipinski definition) is 2. The predicted octanol–water partition coefficient (Wildman–Crippen LogP) is 4.08. The van der Waals surface area contributed by atoms with Crippen molar-refractivity contribution in [3.8, 4) is 0 Å². The summed E-state index contributed by atoms with van der Waals surface area (Å²) in [5.41, 5.74) is 1.55. The van der Waals surface area contributed by atoms with E-state index in [4.69, 9.17) is 11.6 Å². The Labute approximate surface area is 219 Å². The van der Waals surface area contributed by atoms with Crippen LogP contribution >= 0.6 is 11.6 Å². The van der Waals surface area contributed by atoms with Crippen molar-refractivity contribution < 1.29 is 14.4 Å². The van der Waals surface area contributed by atoms with Gasteiger partial charge in [-0.2, -0.15) is 0 Å². The molecule has 0 unspecified atom stereocenters. The van der Waals surface area contributed by atoms with Gasteiger partial charge in [-0.05, 0) is 61.2 Å². The smallest absolute Gasteiger partial charge is 0.323 e. The van der Waals surface area contributed by atoms with Gasteiger partial charge in [0.05, 0.1) is 11.3 Å². The molecule has 0 bridgehead atoms. The van der Waals surface area contributed by atoms with Gasteiger partial charge in [-0.3, -0.25) is 19.9 Å². The number of carbonyl (C=O) groups is 3. The molecule has 2 N–H and O–H groups in total. The SMILES string of the molecule is O=C1Nc2cc(Cl)ccc2C(=O)N(CC2CCN(C(=O)Nc3ccccn3)CC2)[C@@H]1Cc1ccccn1. The van der Waals surface area contributed by atoms with Crippen LogP contribution in [-0.2, 0) is 11.2 Å². The van der Waals surface area contributed by atoms with Gasteiger partial charge >= 0.3 is 6.03 Å². The summed E-state index contributed by atoms with van der Waals surface area (Å²) in [5, 5.41) is 6.16. The number of rotatable bonds is 5. The second-order valence-corrected chi connectivity index (χ2v) is 9.69. The molecule has 1 aromatic carbocycles. The molecule has 0 aliphatic carbocycles. The highest BCUT2D eigenvalue weighted by Gasteiger charge is 2.37. The Kier molecular flexibility index (Phi) is 7.32. The van der Waals surface area contributed by atoms with Crippen LogP contribution in [0.4, 0.5) is 16.3 Å². The predicted molar refractivity (Wildman–Crippen MR) is 140 cm³/mol. The molecule has 1 fully saturated rings. The van der Waals surface area contributed by atoms with E-state index in [1.54, 1.807) is 52.5 Å². The maximum atomic E-state index is 13.7. The van der Waals surface area contributed by atoms with E-state index in [0.29, 0.717) is 61.0 Å². The van der Waals surface area contributed by atoms with E-state index < -0.39 is 6.04 Å². The average Bonchev–Trinajstić information content (AvgIpc) is 3.00. The van der Waals surface area contributed by atoms with Gasteiger partial charge in [0.1, 0.15) is 11.9 Å². The Morgan fingerprint density at radius 1 is 1.03 bits per heavy atom. The van der Waals surface area contributed by atoms with E-state index in [-0.39, 0.29) is 23.8 Å². The third-order valence-electron chi connectivity index (χ3n) is 6.79. The van der Waals surface area contributed by atoms with Crippen molar-refractivity contribution in [2.24, 2.45) is 5.92 Å².